The lowest BCUT2D eigenvalue weighted by molar-refractivity contribution is -0.118. The van der Waals surface area contributed by atoms with Crippen LogP contribution in [0.15, 0.2) is 27.8 Å². The Morgan fingerprint density at radius 2 is 1.95 bits per heavy atom. The van der Waals surface area contributed by atoms with Gasteiger partial charge in [-0.15, -0.1) is 0 Å². The predicted octanol–water partition coefficient (Wildman–Crippen LogP) is 0.528. The van der Waals surface area contributed by atoms with Crippen molar-refractivity contribution < 1.29 is 4.79 Å². The van der Waals surface area contributed by atoms with Crippen LogP contribution in [-0.2, 0) is 4.79 Å². The average molecular weight is 290 g/mol. The molecule has 7 heteroatoms. The van der Waals surface area contributed by atoms with Crippen molar-refractivity contribution in [1.29, 1.82) is 0 Å². The first kappa shape index (κ1) is 15.0. The van der Waals surface area contributed by atoms with Crippen LogP contribution in [-0.4, -0.2) is 22.1 Å². The molecule has 1 amide bonds. The van der Waals surface area contributed by atoms with Gasteiger partial charge in [0.15, 0.2) is 0 Å². The lowest BCUT2D eigenvalue weighted by Gasteiger charge is -2.18. The molecule has 0 saturated heterocycles. The van der Waals surface area contributed by atoms with E-state index in [1.165, 1.54) is 6.07 Å². The molecule has 0 radical (unpaired) electrons. The van der Waals surface area contributed by atoms with Crippen LogP contribution in [0.4, 0.5) is 5.69 Å². The molecule has 0 unspecified atom stereocenters. The third-order valence-electron chi connectivity index (χ3n) is 3.64. The molecule has 1 heterocycles. The molecular formula is C14H18N4O3. The Morgan fingerprint density at radius 3 is 2.62 bits per heavy atom. The molecule has 7 nitrogen and oxygen atoms in total. The van der Waals surface area contributed by atoms with Gasteiger partial charge in [-0.2, -0.15) is 0 Å². The number of aromatic amines is 2. The lowest BCUT2D eigenvalue weighted by Crippen LogP contribution is -2.40. The van der Waals surface area contributed by atoms with Gasteiger partial charge in [0.25, 0.3) is 11.1 Å². The van der Waals surface area contributed by atoms with Crippen molar-refractivity contribution in [3.05, 3.63) is 38.9 Å². The molecule has 0 bridgehead atoms. The summed E-state index contributed by atoms with van der Waals surface area (Å²) < 4.78 is 0. The van der Waals surface area contributed by atoms with Gasteiger partial charge in [-0.1, -0.05) is 26.3 Å². The quantitative estimate of drug-likeness (QED) is 0.656. The highest BCUT2D eigenvalue weighted by Crippen LogP contribution is 2.17. The number of nitrogens with one attached hydrogen (secondary N) is 3. The molecule has 21 heavy (non-hydrogen) atoms. The smallest absolute Gasteiger partial charge is 0.272 e. The molecule has 112 valence electrons. The first-order chi connectivity index (χ1) is 9.95. The fraction of sp³-hybridized carbons (Fsp3) is 0.357. The summed E-state index contributed by atoms with van der Waals surface area (Å²) in [6.07, 6.45) is 0.768. The molecule has 5 N–H and O–H groups in total. The topological polar surface area (TPSA) is 121 Å². The van der Waals surface area contributed by atoms with Gasteiger partial charge < -0.3 is 11.1 Å². The van der Waals surface area contributed by atoms with Crippen LogP contribution in [0.3, 0.4) is 0 Å². The number of fused-ring (bicyclic) bond motifs is 1. The Labute approximate surface area is 120 Å². The van der Waals surface area contributed by atoms with Gasteiger partial charge in [0.1, 0.15) is 0 Å². The number of carbonyl (C=O) groups is 1. The van der Waals surface area contributed by atoms with E-state index < -0.39 is 17.2 Å². The van der Waals surface area contributed by atoms with E-state index in [1.54, 1.807) is 12.1 Å². The zero-order valence-electron chi connectivity index (χ0n) is 11.9. The third kappa shape index (κ3) is 2.87. The van der Waals surface area contributed by atoms with Gasteiger partial charge in [-0.3, -0.25) is 24.6 Å². The van der Waals surface area contributed by atoms with Crippen LogP contribution in [0.2, 0.25) is 0 Å². The van der Waals surface area contributed by atoms with E-state index in [0.717, 1.165) is 6.42 Å². The molecule has 2 rings (SSSR count). The zero-order valence-corrected chi connectivity index (χ0v) is 11.9. The summed E-state index contributed by atoms with van der Waals surface area (Å²) >= 11 is 0. The molecule has 0 fully saturated rings. The lowest BCUT2D eigenvalue weighted by atomic mass is 9.99. The van der Waals surface area contributed by atoms with Crippen molar-refractivity contribution >= 4 is 22.4 Å². The van der Waals surface area contributed by atoms with Gasteiger partial charge in [0.2, 0.25) is 5.91 Å². The number of anilines is 1. The monoisotopic (exact) mass is 290 g/mol. The van der Waals surface area contributed by atoms with E-state index in [-0.39, 0.29) is 28.3 Å². The maximum Gasteiger partial charge on any atom is 0.272 e. The molecule has 0 aliphatic carbocycles. The summed E-state index contributed by atoms with van der Waals surface area (Å²) in [5.41, 5.74) is 5.25. The van der Waals surface area contributed by atoms with Crippen molar-refractivity contribution in [2.75, 3.05) is 5.32 Å². The van der Waals surface area contributed by atoms with E-state index in [0.29, 0.717) is 0 Å². The fourth-order valence-electron chi connectivity index (χ4n) is 2.06. The van der Waals surface area contributed by atoms with Crippen LogP contribution in [0.5, 0.6) is 0 Å². The van der Waals surface area contributed by atoms with E-state index in [9.17, 15) is 14.4 Å². The maximum absolute atomic E-state index is 12.1. The molecule has 2 aromatic rings. The number of rotatable bonds is 4. The van der Waals surface area contributed by atoms with E-state index in [4.69, 9.17) is 5.73 Å². The summed E-state index contributed by atoms with van der Waals surface area (Å²) in [7, 11) is 0. The maximum atomic E-state index is 12.1. The van der Waals surface area contributed by atoms with Gasteiger partial charge >= 0.3 is 0 Å². The van der Waals surface area contributed by atoms with Crippen molar-refractivity contribution in [3.8, 4) is 0 Å². The molecule has 0 saturated carbocycles. The number of hydrogen-bond acceptors (Lipinski definition) is 4. The minimum atomic E-state index is -0.675. The van der Waals surface area contributed by atoms with Gasteiger partial charge in [0.05, 0.1) is 22.5 Å². The van der Waals surface area contributed by atoms with Crippen molar-refractivity contribution in [2.24, 2.45) is 11.7 Å². The number of carbonyl (C=O) groups excluding carboxylic acids is 1. The number of benzene rings is 1. The highest BCUT2D eigenvalue weighted by molar-refractivity contribution is 6.03. The number of aromatic nitrogens is 2. The molecule has 0 spiro atoms. The summed E-state index contributed by atoms with van der Waals surface area (Å²) in [4.78, 5) is 35.7. The molecule has 2 atom stereocenters. The van der Waals surface area contributed by atoms with E-state index >= 15 is 0 Å². The minimum absolute atomic E-state index is 0.0154. The second-order valence-corrected chi connectivity index (χ2v) is 5.04. The van der Waals surface area contributed by atoms with Crippen molar-refractivity contribution in [3.63, 3.8) is 0 Å². The van der Waals surface area contributed by atoms with Crippen LogP contribution >= 0.6 is 0 Å². The highest BCUT2D eigenvalue weighted by atomic mass is 16.2. The van der Waals surface area contributed by atoms with E-state index in [2.05, 4.69) is 15.5 Å². The summed E-state index contributed by atoms with van der Waals surface area (Å²) in [5, 5.41) is 7.48. The Bertz CT molecular complexity index is 778. The third-order valence-corrected chi connectivity index (χ3v) is 3.64. The van der Waals surface area contributed by atoms with Crippen LogP contribution in [0.25, 0.3) is 10.8 Å². The van der Waals surface area contributed by atoms with Gasteiger partial charge in [0, 0.05) is 0 Å². The second kappa shape index (κ2) is 5.92. The summed E-state index contributed by atoms with van der Waals surface area (Å²) in [6.45, 7) is 3.82. The minimum Gasteiger partial charge on any atom is -0.324 e. The predicted molar refractivity (Wildman–Crippen MR) is 81.2 cm³/mol. The van der Waals surface area contributed by atoms with Crippen molar-refractivity contribution in [2.45, 2.75) is 26.3 Å². The SMILES string of the molecule is CC[C@H](C)[C@H](N)C(=O)Nc1cccc2c(=O)[nH][nH]c(=O)c12. The Balaban J connectivity index is 2.44. The van der Waals surface area contributed by atoms with E-state index in [1.807, 2.05) is 13.8 Å². The number of nitrogens with two attached hydrogens (primary N) is 1. The average Bonchev–Trinajstić information content (AvgIpc) is 2.49. The van der Waals surface area contributed by atoms with Gasteiger partial charge in [-0.25, -0.2) is 0 Å². The normalized spacial score (nSPS) is 13.9. The molecule has 0 aliphatic rings. The first-order valence-electron chi connectivity index (χ1n) is 6.75. The summed E-state index contributed by atoms with van der Waals surface area (Å²) in [5.74, 6) is -0.363. The number of H-pyrrole nitrogens is 2. The standard InChI is InChI=1S/C14H18N4O3/c1-3-7(2)11(15)14(21)16-9-6-4-5-8-10(9)13(20)18-17-12(8)19/h4-7,11H,3,15H2,1-2H3,(H,16,21)(H,17,19)(H,18,20)/t7-,11-/m0/s1. The fourth-order valence-corrected chi connectivity index (χ4v) is 2.06. The Morgan fingerprint density at radius 1 is 1.29 bits per heavy atom. The van der Waals surface area contributed by atoms with Crippen LogP contribution in [0.1, 0.15) is 20.3 Å². The van der Waals surface area contributed by atoms with Crippen molar-refractivity contribution in [1.82, 2.24) is 10.2 Å². The largest absolute Gasteiger partial charge is 0.324 e. The molecular weight excluding hydrogens is 272 g/mol. The molecule has 0 aliphatic heterocycles. The van der Waals surface area contributed by atoms with Crippen LogP contribution in [0, 0.1) is 5.92 Å². The molecule has 1 aromatic heterocycles. The first-order valence-corrected chi connectivity index (χ1v) is 6.75. The number of hydrogen-bond donors (Lipinski definition) is 4. The molecule has 1 aromatic carbocycles. The Hall–Kier alpha value is -2.41. The van der Waals surface area contributed by atoms with Gasteiger partial charge in [-0.05, 0) is 18.1 Å². The summed E-state index contributed by atoms with van der Waals surface area (Å²) in [6, 6.07) is 4.01. The highest BCUT2D eigenvalue weighted by Gasteiger charge is 2.20. The number of amides is 1. The second-order valence-electron chi connectivity index (χ2n) is 5.04. The Kier molecular flexibility index (Phi) is 4.23. The van der Waals surface area contributed by atoms with Crippen LogP contribution < -0.4 is 22.2 Å². The zero-order chi connectivity index (χ0) is 15.6.